The van der Waals surface area contributed by atoms with Gasteiger partial charge in [0.1, 0.15) is 0 Å². The van der Waals surface area contributed by atoms with E-state index in [0.717, 1.165) is 11.6 Å². The standard InChI is InChI=1S/C30H27F3N2O5/c1-3-16-40-29(37)22-10-12-23(13-11-22)35-28(36)24(27(34-35)30(31,32)33)18-21-9-14-25(26(19-21)38-2)39-17-15-20-7-5-4-6-8-20/h4-14,18-19H,3,15-17H2,1-2H3/b24-18-. The summed E-state index contributed by atoms with van der Waals surface area (Å²) in [5, 5.41) is 4.24. The van der Waals surface area contributed by atoms with E-state index in [1.54, 1.807) is 6.07 Å². The second-order valence-corrected chi connectivity index (χ2v) is 8.80. The molecular weight excluding hydrogens is 525 g/mol. The number of rotatable bonds is 10. The van der Waals surface area contributed by atoms with E-state index in [1.807, 2.05) is 37.3 Å². The molecule has 0 fully saturated rings. The van der Waals surface area contributed by atoms with Crippen LogP contribution in [0.4, 0.5) is 18.9 Å². The Bertz CT molecular complexity index is 1420. The fourth-order valence-corrected chi connectivity index (χ4v) is 3.93. The highest BCUT2D eigenvalue weighted by Gasteiger charge is 2.46. The minimum Gasteiger partial charge on any atom is -0.493 e. The molecule has 3 aromatic rings. The maximum Gasteiger partial charge on any atom is 0.435 e. The molecule has 0 N–H and O–H groups in total. The van der Waals surface area contributed by atoms with Crippen LogP contribution in [0.2, 0.25) is 0 Å². The summed E-state index contributed by atoms with van der Waals surface area (Å²) in [5.74, 6) is -0.804. The van der Waals surface area contributed by atoms with Crippen molar-refractivity contribution >= 4 is 29.4 Å². The summed E-state index contributed by atoms with van der Waals surface area (Å²) in [6, 6.07) is 19.8. The van der Waals surface area contributed by atoms with Crippen molar-refractivity contribution in [1.82, 2.24) is 0 Å². The highest BCUT2D eigenvalue weighted by molar-refractivity contribution is 6.34. The smallest absolute Gasteiger partial charge is 0.435 e. The highest BCUT2D eigenvalue weighted by atomic mass is 19.4. The second kappa shape index (κ2) is 12.5. The van der Waals surface area contributed by atoms with Crippen LogP contribution in [0.15, 0.2) is 83.5 Å². The van der Waals surface area contributed by atoms with E-state index >= 15 is 0 Å². The van der Waals surface area contributed by atoms with Crippen LogP contribution in [-0.4, -0.2) is 44.1 Å². The summed E-state index contributed by atoms with van der Waals surface area (Å²) in [7, 11) is 1.42. The summed E-state index contributed by atoms with van der Waals surface area (Å²) in [5.41, 5.74) is -0.287. The van der Waals surface area contributed by atoms with E-state index in [9.17, 15) is 22.8 Å². The lowest BCUT2D eigenvalue weighted by molar-refractivity contribution is -0.114. The zero-order valence-corrected chi connectivity index (χ0v) is 21.9. The minimum atomic E-state index is -4.88. The molecule has 0 aliphatic carbocycles. The normalized spacial score (nSPS) is 14.3. The molecule has 1 aliphatic heterocycles. The Labute approximate surface area is 229 Å². The van der Waals surface area contributed by atoms with Crippen molar-refractivity contribution in [3.05, 3.63) is 95.1 Å². The maximum absolute atomic E-state index is 13.9. The van der Waals surface area contributed by atoms with E-state index in [2.05, 4.69) is 5.10 Å². The average Bonchev–Trinajstić information content (AvgIpc) is 3.29. The minimum absolute atomic E-state index is 0.0712. The third kappa shape index (κ3) is 6.69. The number of methoxy groups -OCH3 is 1. The second-order valence-electron chi connectivity index (χ2n) is 8.80. The lowest BCUT2D eigenvalue weighted by atomic mass is 10.1. The number of alkyl halides is 3. The van der Waals surface area contributed by atoms with E-state index in [4.69, 9.17) is 14.2 Å². The van der Waals surface area contributed by atoms with Gasteiger partial charge in [-0.2, -0.15) is 23.3 Å². The Balaban J connectivity index is 1.55. The number of ether oxygens (including phenoxy) is 3. The SMILES string of the molecule is CCCOC(=O)c1ccc(N2N=C(C(F)(F)F)/C(=C/c3ccc(OCCc4ccccc4)c(OC)c3)C2=O)cc1. The van der Waals surface area contributed by atoms with Gasteiger partial charge in [-0.05, 0) is 60.0 Å². The number of amides is 1. The number of hydrogen-bond donors (Lipinski definition) is 0. The topological polar surface area (TPSA) is 77.4 Å². The van der Waals surface area contributed by atoms with Crippen molar-refractivity contribution in [2.45, 2.75) is 25.9 Å². The van der Waals surface area contributed by atoms with E-state index < -0.39 is 29.3 Å². The molecular formula is C30H27F3N2O5. The number of nitrogens with zero attached hydrogens (tertiary/aromatic N) is 2. The number of esters is 1. The van der Waals surface area contributed by atoms with Crippen molar-refractivity contribution in [1.29, 1.82) is 0 Å². The van der Waals surface area contributed by atoms with Gasteiger partial charge < -0.3 is 14.2 Å². The molecule has 1 heterocycles. The van der Waals surface area contributed by atoms with Gasteiger partial charge in [0.2, 0.25) is 0 Å². The Hall–Kier alpha value is -4.60. The molecule has 3 aromatic carbocycles. The molecule has 0 bridgehead atoms. The van der Waals surface area contributed by atoms with Crippen LogP contribution in [0.3, 0.4) is 0 Å². The van der Waals surface area contributed by atoms with Crippen LogP contribution >= 0.6 is 0 Å². The van der Waals surface area contributed by atoms with Crippen molar-refractivity contribution in [2.75, 3.05) is 25.3 Å². The number of hydrogen-bond acceptors (Lipinski definition) is 6. The van der Waals surface area contributed by atoms with E-state index in [1.165, 1.54) is 43.5 Å². The molecule has 4 rings (SSSR count). The summed E-state index contributed by atoms with van der Waals surface area (Å²) < 4.78 is 57.9. The van der Waals surface area contributed by atoms with E-state index in [0.29, 0.717) is 41.5 Å². The summed E-state index contributed by atoms with van der Waals surface area (Å²) in [6.07, 6.45) is -2.47. The number of anilines is 1. The predicted octanol–water partition coefficient (Wildman–Crippen LogP) is 6.23. The summed E-state index contributed by atoms with van der Waals surface area (Å²) in [6.45, 7) is 2.46. The van der Waals surface area contributed by atoms with Crippen LogP contribution in [0.25, 0.3) is 6.08 Å². The van der Waals surface area contributed by atoms with Gasteiger partial charge in [0.15, 0.2) is 17.2 Å². The molecule has 0 saturated carbocycles. The first-order chi connectivity index (χ1) is 19.2. The highest BCUT2D eigenvalue weighted by Crippen LogP contribution is 2.34. The molecule has 7 nitrogen and oxygen atoms in total. The molecule has 1 amide bonds. The zero-order chi connectivity index (χ0) is 28.7. The van der Waals surface area contributed by atoms with Gasteiger partial charge in [-0.1, -0.05) is 43.3 Å². The van der Waals surface area contributed by atoms with Crippen molar-refractivity contribution < 1.29 is 37.0 Å². The first-order valence-corrected chi connectivity index (χ1v) is 12.6. The number of hydrazone groups is 1. The number of carbonyl (C=O) groups excluding carboxylic acids is 2. The molecule has 0 unspecified atom stereocenters. The molecule has 208 valence electrons. The molecule has 0 spiro atoms. The van der Waals surface area contributed by atoms with Crippen LogP contribution in [0, 0.1) is 0 Å². The molecule has 0 atom stereocenters. The Morgan fingerprint density at radius 1 is 0.975 bits per heavy atom. The van der Waals surface area contributed by atoms with Crippen LogP contribution in [0.5, 0.6) is 11.5 Å². The monoisotopic (exact) mass is 552 g/mol. The number of carbonyl (C=O) groups is 2. The molecule has 0 aromatic heterocycles. The fourth-order valence-electron chi connectivity index (χ4n) is 3.93. The van der Waals surface area contributed by atoms with Gasteiger partial charge in [0.25, 0.3) is 5.91 Å². The third-order valence-corrected chi connectivity index (χ3v) is 5.92. The molecule has 10 heteroatoms. The van der Waals surface area contributed by atoms with Gasteiger partial charge in [-0.3, -0.25) is 4.79 Å². The molecule has 0 radical (unpaired) electrons. The van der Waals surface area contributed by atoms with Crippen LogP contribution in [0.1, 0.15) is 34.8 Å². The van der Waals surface area contributed by atoms with Crippen molar-refractivity contribution in [3.8, 4) is 11.5 Å². The van der Waals surface area contributed by atoms with Gasteiger partial charge in [0.05, 0.1) is 37.1 Å². The predicted molar refractivity (Wildman–Crippen MR) is 145 cm³/mol. The summed E-state index contributed by atoms with van der Waals surface area (Å²) in [4.78, 5) is 25.2. The molecule has 40 heavy (non-hydrogen) atoms. The average molecular weight is 553 g/mol. The maximum atomic E-state index is 13.9. The Morgan fingerprint density at radius 2 is 1.70 bits per heavy atom. The largest absolute Gasteiger partial charge is 0.493 e. The van der Waals surface area contributed by atoms with E-state index in [-0.39, 0.29) is 17.9 Å². The fraction of sp³-hybridized carbons (Fsp3) is 0.233. The third-order valence-electron chi connectivity index (χ3n) is 5.92. The van der Waals surface area contributed by atoms with Gasteiger partial charge >= 0.3 is 12.1 Å². The first-order valence-electron chi connectivity index (χ1n) is 12.6. The van der Waals surface area contributed by atoms with Crippen LogP contribution in [-0.2, 0) is 16.0 Å². The van der Waals surface area contributed by atoms with Gasteiger partial charge in [0, 0.05) is 6.42 Å². The van der Waals surface area contributed by atoms with Gasteiger partial charge in [-0.15, -0.1) is 0 Å². The lowest BCUT2D eigenvalue weighted by Gasteiger charge is -2.13. The molecule has 0 saturated heterocycles. The van der Waals surface area contributed by atoms with Gasteiger partial charge in [-0.25, -0.2) is 4.79 Å². The Kier molecular flexibility index (Phi) is 8.88. The summed E-state index contributed by atoms with van der Waals surface area (Å²) >= 11 is 0. The van der Waals surface area contributed by atoms with Crippen LogP contribution < -0.4 is 14.5 Å². The lowest BCUT2D eigenvalue weighted by Crippen LogP contribution is -2.25. The quantitative estimate of drug-likeness (QED) is 0.220. The first kappa shape index (κ1) is 28.4. The number of benzene rings is 3. The Morgan fingerprint density at radius 3 is 2.35 bits per heavy atom. The van der Waals surface area contributed by atoms with Crippen molar-refractivity contribution in [2.24, 2.45) is 5.10 Å². The number of halogens is 3. The zero-order valence-electron chi connectivity index (χ0n) is 21.9. The van der Waals surface area contributed by atoms with Crippen molar-refractivity contribution in [3.63, 3.8) is 0 Å². The molecule has 1 aliphatic rings.